The number of anilines is 1. The molecular weight excluding hydrogens is 368 g/mol. The maximum atomic E-state index is 12.7. The van der Waals surface area contributed by atoms with Crippen LogP contribution in [0.15, 0.2) is 52.2 Å². The highest BCUT2D eigenvalue weighted by molar-refractivity contribution is 7.92. The van der Waals surface area contributed by atoms with Gasteiger partial charge in [-0.1, -0.05) is 37.3 Å². The first-order chi connectivity index (χ1) is 12.2. The molecule has 0 unspecified atom stereocenters. The van der Waals surface area contributed by atoms with Crippen molar-refractivity contribution in [1.82, 2.24) is 4.57 Å². The predicted octanol–water partition coefficient (Wildman–Crippen LogP) is 4.57. The van der Waals surface area contributed by atoms with Crippen LogP contribution in [0, 0.1) is 0 Å². The van der Waals surface area contributed by atoms with Crippen molar-refractivity contribution in [3.63, 3.8) is 0 Å². The molecule has 0 radical (unpaired) electrons. The number of fused-ring (bicyclic) bond motifs is 1. The zero-order chi connectivity index (χ0) is 19.1. The van der Waals surface area contributed by atoms with Gasteiger partial charge in [-0.3, -0.25) is 14.1 Å². The van der Waals surface area contributed by atoms with Crippen LogP contribution in [0.5, 0.6) is 0 Å². The van der Waals surface area contributed by atoms with Gasteiger partial charge in [-0.25, -0.2) is 8.42 Å². The molecule has 0 spiro atoms. The molecule has 1 aromatic heterocycles. The highest BCUT2D eigenvalue weighted by Gasteiger charge is 2.18. The van der Waals surface area contributed by atoms with Crippen molar-refractivity contribution in [2.75, 3.05) is 4.72 Å². The molecule has 0 bridgehead atoms. The standard InChI is InChI=1S/C19H22N2O3S2/c1-12(2)14-5-7-15(8-6-14)20-26(23,24)16-9-10-17-18(11-16)25-19(22)21(17)13(3)4/h5-13,20H,1-4H3. The number of benzene rings is 2. The van der Waals surface area contributed by atoms with E-state index in [1.54, 1.807) is 28.8 Å². The summed E-state index contributed by atoms with van der Waals surface area (Å²) in [7, 11) is -3.72. The van der Waals surface area contributed by atoms with Crippen LogP contribution in [0.3, 0.4) is 0 Å². The Labute approximate surface area is 157 Å². The Morgan fingerprint density at radius 1 is 1.00 bits per heavy atom. The molecule has 0 atom stereocenters. The smallest absolute Gasteiger partial charge is 0.296 e. The van der Waals surface area contributed by atoms with Gasteiger partial charge >= 0.3 is 4.87 Å². The van der Waals surface area contributed by atoms with Crippen molar-refractivity contribution in [2.24, 2.45) is 0 Å². The molecule has 1 heterocycles. The van der Waals surface area contributed by atoms with E-state index in [1.807, 2.05) is 26.0 Å². The van der Waals surface area contributed by atoms with E-state index in [0.717, 1.165) is 22.4 Å². The quantitative estimate of drug-likeness (QED) is 0.694. The summed E-state index contributed by atoms with van der Waals surface area (Å²) in [5, 5.41) is 0. The summed E-state index contributed by atoms with van der Waals surface area (Å²) in [5.74, 6) is 0.385. The first kappa shape index (κ1) is 18.7. The Morgan fingerprint density at radius 2 is 1.65 bits per heavy atom. The summed E-state index contributed by atoms with van der Waals surface area (Å²) in [5.41, 5.74) is 2.42. The first-order valence-corrected chi connectivity index (χ1v) is 10.8. The van der Waals surface area contributed by atoms with E-state index in [1.165, 1.54) is 6.07 Å². The average molecular weight is 391 g/mol. The molecule has 0 aliphatic rings. The molecule has 0 aliphatic heterocycles. The molecule has 7 heteroatoms. The summed E-state index contributed by atoms with van der Waals surface area (Å²) in [6.07, 6.45) is 0. The van der Waals surface area contributed by atoms with Crippen molar-refractivity contribution in [3.05, 3.63) is 57.7 Å². The number of nitrogens with zero attached hydrogens (tertiary/aromatic N) is 1. The molecule has 2 aromatic carbocycles. The van der Waals surface area contributed by atoms with Gasteiger partial charge in [0.1, 0.15) is 0 Å². The van der Waals surface area contributed by atoms with Crippen LogP contribution in [0.4, 0.5) is 5.69 Å². The molecule has 5 nitrogen and oxygen atoms in total. The second-order valence-electron chi connectivity index (χ2n) is 6.84. The lowest BCUT2D eigenvalue weighted by Gasteiger charge is -2.11. The number of hydrogen-bond donors (Lipinski definition) is 1. The van der Waals surface area contributed by atoms with Crippen LogP contribution < -0.4 is 9.60 Å². The van der Waals surface area contributed by atoms with E-state index in [2.05, 4.69) is 18.6 Å². The Morgan fingerprint density at radius 3 is 2.23 bits per heavy atom. The summed E-state index contributed by atoms with van der Waals surface area (Å²) < 4.78 is 30.3. The predicted molar refractivity (Wildman–Crippen MR) is 108 cm³/mol. The zero-order valence-electron chi connectivity index (χ0n) is 15.2. The van der Waals surface area contributed by atoms with Crippen LogP contribution in [-0.2, 0) is 10.0 Å². The number of thiazole rings is 1. The highest BCUT2D eigenvalue weighted by Crippen LogP contribution is 2.25. The third-order valence-electron chi connectivity index (χ3n) is 4.24. The highest BCUT2D eigenvalue weighted by atomic mass is 32.2. The Balaban J connectivity index is 1.95. The molecule has 0 amide bonds. The number of nitrogens with one attached hydrogen (secondary N) is 1. The molecule has 3 aromatic rings. The van der Waals surface area contributed by atoms with E-state index in [9.17, 15) is 13.2 Å². The average Bonchev–Trinajstić information content (AvgIpc) is 2.89. The van der Waals surface area contributed by atoms with Crippen molar-refractivity contribution in [1.29, 1.82) is 0 Å². The van der Waals surface area contributed by atoms with Gasteiger partial charge in [-0.05, 0) is 55.7 Å². The monoisotopic (exact) mass is 390 g/mol. The lowest BCUT2D eigenvalue weighted by molar-refractivity contribution is 0.601. The van der Waals surface area contributed by atoms with E-state index in [-0.39, 0.29) is 15.8 Å². The van der Waals surface area contributed by atoms with Crippen LogP contribution in [0.25, 0.3) is 10.2 Å². The minimum Gasteiger partial charge on any atom is -0.296 e. The van der Waals surface area contributed by atoms with Crippen LogP contribution in [0.1, 0.15) is 45.2 Å². The summed E-state index contributed by atoms with van der Waals surface area (Å²) in [6.45, 7) is 8.04. The lowest BCUT2D eigenvalue weighted by Crippen LogP contribution is -2.15. The second kappa shape index (κ2) is 6.89. The van der Waals surface area contributed by atoms with Gasteiger partial charge in [-0.2, -0.15) is 0 Å². The SMILES string of the molecule is CC(C)c1ccc(NS(=O)(=O)c2ccc3c(c2)sc(=O)n3C(C)C)cc1. The summed E-state index contributed by atoms with van der Waals surface area (Å²) >= 11 is 1.06. The van der Waals surface area contributed by atoms with Crippen molar-refractivity contribution < 1.29 is 8.42 Å². The van der Waals surface area contributed by atoms with E-state index < -0.39 is 10.0 Å². The van der Waals surface area contributed by atoms with Gasteiger partial charge in [0.15, 0.2) is 0 Å². The lowest BCUT2D eigenvalue weighted by atomic mass is 10.0. The van der Waals surface area contributed by atoms with E-state index >= 15 is 0 Å². The molecule has 0 saturated carbocycles. The third kappa shape index (κ3) is 3.54. The molecule has 26 heavy (non-hydrogen) atoms. The fourth-order valence-electron chi connectivity index (χ4n) is 2.82. The van der Waals surface area contributed by atoms with Gasteiger partial charge in [0.05, 0.1) is 15.1 Å². The largest absolute Gasteiger partial charge is 0.308 e. The van der Waals surface area contributed by atoms with Crippen molar-refractivity contribution >= 4 is 37.3 Å². The van der Waals surface area contributed by atoms with Crippen LogP contribution in [-0.4, -0.2) is 13.0 Å². The number of sulfonamides is 1. The topological polar surface area (TPSA) is 68.2 Å². The molecule has 0 saturated heterocycles. The summed E-state index contributed by atoms with van der Waals surface area (Å²) in [6, 6.07) is 12.2. The molecular formula is C19H22N2O3S2. The minimum atomic E-state index is -3.72. The fourth-order valence-corrected chi connectivity index (χ4v) is 5.03. The molecule has 0 aliphatic carbocycles. The van der Waals surface area contributed by atoms with E-state index in [0.29, 0.717) is 16.3 Å². The van der Waals surface area contributed by atoms with Crippen LogP contribution >= 0.6 is 11.3 Å². The molecule has 1 N–H and O–H groups in total. The van der Waals surface area contributed by atoms with Crippen molar-refractivity contribution in [2.45, 2.75) is 44.6 Å². The third-order valence-corrected chi connectivity index (χ3v) is 6.54. The van der Waals surface area contributed by atoms with Gasteiger partial charge < -0.3 is 0 Å². The van der Waals surface area contributed by atoms with Gasteiger partial charge in [0.2, 0.25) is 0 Å². The Kier molecular flexibility index (Phi) is 4.94. The summed E-state index contributed by atoms with van der Waals surface area (Å²) in [4.78, 5) is 12.2. The normalized spacial score (nSPS) is 12.2. The zero-order valence-corrected chi connectivity index (χ0v) is 16.8. The number of aromatic nitrogens is 1. The first-order valence-electron chi connectivity index (χ1n) is 8.47. The Hall–Kier alpha value is -2.12. The maximum Gasteiger partial charge on any atom is 0.308 e. The number of rotatable bonds is 5. The molecule has 3 rings (SSSR count). The van der Waals surface area contributed by atoms with Gasteiger partial charge in [0.25, 0.3) is 10.0 Å². The van der Waals surface area contributed by atoms with Crippen LogP contribution in [0.2, 0.25) is 0 Å². The molecule has 138 valence electrons. The van der Waals surface area contributed by atoms with Gasteiger partial charge in [-0.15, -0.1) is 0 Å². The minimum absolute atomic E-state index is 0.0244. The Bertz CT molecular complexity index is 1090. The van der Waals surface area contributed by atoms with Crippen molar-refractivity contribution in [3.8, 4) is 0 Å². The van der Waals surface area contributed by atoms with Gasteiger partial charge in [0, 0.05) is 11.7 Å². The number of hydrogen-bond acceptors (Lipinski definition) is 4. The molecule has 0 fully saturated rings. The van der Waals surface area contributed by atoms with E-state index in [4.69, 9.17) is 0 Å². The second-order valence-corrected chi connectivity index (χ2v) is 9.52. The maximum absolute atomic E-state index is 12.7. The fraction of sp³-hybridized carbons (Fsp3) is 0.316.